The Morgan fingerprint density at radius 1 is 1.42 bits per heavy atom. The molecule has 1 aromatic rings. The van der Waals surface area contributed by atoms with Crippen LogP contribution in [0, 0.1) is 11.8 Å². The minimum atomic E-state index is 0.845. The smallest absolute Gasteiger partial charge is 0.0642 e. The first-order chi connectivity index (χ1) is 9.13. The molecule has 1 aromatic carbocycles. The van der Waals surface area contributed by atoms with Crippen molar-refractivity contribution >= 4 is 17.3 Å². The summed E-state index contributed by atoms with van der Waals surface area (Å²) in [6.07, 6.45) is 2.52. The van der Waals surface area contributed by atoms with Crippen molar-refractivity contribution in [2.75, 3.05) is 25.0 Å². The normalized spacial score (nSPS) is 21.5. The van der Waals surface area contributed by atoms with Gasteiger partial charge in [-0.2, -0.15) is 0 Å². The molecule has 2 atom stereocenters. The maximum Gasteiger partial charge on any atom is 0.0642 e. The summed E-state index contributed by atoms with van der Waals surface area (Å²) in [7, 11) is 2.16. The molecule has 0 saturated heterocycles. The fourth-order valence-electron chi connectivity index (χ4n) is 2.63. The van der Waals surface area contributed by atoms with E-state index in [0.29, 0.717) is 0 Å². The quantitative estimate of drug-likeness (QED) is 0.761. The maximum atomic E-state index is 6.41. The van der Waals surface area contributed by atoms with E-state index in [-0.39, 0.29) is 0 Å². The summed E-state index contributed by atoms with van der Waals surface area (Å²) in [5.74, 6) is 1.73. The lowest BCUT2D eigenvalue weighted by atomic mass is 10.1. The zero-order valence-electron chi connectivity index (χ0n) is 12.2. The molecule has 3 heteroatoms. The standard InChI is InChI=1S/C16H25ClN2/c1-4-8-18-10-13-6-5-7-15(17)16(13)19(3)11-14-9-12(14)2/h5-7,12,14,18H,4,8-11H2,1-3H3. The highest BCUT2D eigenvalue weighted by Gasteiger charge is 2.33. The first-order valence-electron chi connectivity index (χ1n) is 7.32. The molecule has 1 fully saturated rings. The Morgan fingerprint density at radius 2 is 2.16 bits per heavy atom. The second-order valence-electron chi connectivity index (χ2n) is 5.78. The molecule has 1 aliphatic rings. The molecule has 0 amide bonds. The minimum Gasteiger partial charge on any atom is -0.373 e. The van der Waals surface area contributed by atoms with Crippen LogP contribution in [0.4, 0.5) is 5.69 Å². The van der Waals surface area contributed by atoms with Crippen LogP contribution < -0.4 is 10.2 Å². The van der Waals surface area contributed by atoms with Crippen molar-refractivity contribution in [2.45, 2.75) is 33.2 Å². The van der Waals surface area contributed by atoms with Gasteiger partial charge in [0.05, 0.1) is 10.7 Å². The van der Waals surface area contributed by atoms with Gasteiger partial charge in [0.1, 0.15) is 0 Å². The SMILES string of the molecule is CCCNCc1cccc(Cl)c1N(C)CC1CC1C. The Labute approximate surface area is 122 Å². The van der Waals surface area contributed by atoms with Crippen LogP contribution in [-0.2, 0) is 6.54 Å². The molecule has 0 radical (unpaired) electrons. The molecule has 0 spiro atoms. The summed E-state index contributed by atoms with van der Waals surface area (Å²) in [4.78, 5) is 2.33. The third-order valence-electron chi connectivity index (χ3n) is 3.98. The monoisotopic (exact) mass is 280 g/mol. The van der Waals surface area contributed by atoms with E-state index in [2.05, 4.69) is 37.2 Å². The number of hydrogen-bond donors (Lipinski definition) is 1. The van der Waals surface area contributed by atoms with Crippen molar-refractivity contribution in [3.8, 4) is 0 Å². The molecule has 2 rings (SSSR count). The van der Waals surface area contributed by atoms with Gasteiger partial charge >= 0.3 is 0 Å². The molecular weight excluding hydrogens is 256 g/mol. The van der Waals surface area contributed by atoms with Crippen LogP contribution in [0.2, 0.25) is 5.02 Å². The number of anilines is 1. The average molecular weight is 281 g/mol. The Morgan fingerprint density at radius 3 is 2.79 bits per heavy atom. The first kappa shape index (κ1) is 14.7. The molecule has 1 N–H and O–H groups in total. The van der Waals surface area contributed by atoms with Crippen LogP contribution in [0.5, 0.6) is 0 Å². The van der Waals surface area contributed by atoms with Crippen molar-refractivity contribution in [3.63, 3.8) is 0 Å². The highest BCUT2D eigenvalue weighted by atomic mass is 35.5. The van der Waals surface area contributed by atoms with Gasteiger partial charge in [0.15, 0.2) is 0 Å². The second-order valence-corrected chi connectivity index (χ2v) is 6.19. The van der Waals surface area contributed by atoms with Gasteiger partial charge in [-0.3, -0.25) is 0 Å². The summed E-state index contributed by atoms with van der Waals surface area (Å²) in [6, 6.07) is 6.21. The molecule has 1 aliphatic carbocycles. The Bertz CT molecular complexity index is 419. The van der Waals surface area contributed by atoms with Gasteiger partial charge in [0, 0.05) is 20.1 Å². The minimum absolute atomic E-state index is 0.845. The molecular formula is C16H25ClN2. The van der Waals surface area contributed by atoms with Crippen molar-refractivity contribution in [2.24, 2.45) is 11.8 Å². The van der Waals surface area contributed by atoms with E-state index in [0.717, 1.165) is 42.9 Å². The van der Waals surface area contributed by atoms with Crippen LogP contribution in [0.1, 0.15) is 32.3 Å². The number of hydrogen-bond acceptors (Lipinski definition) is 2. The number of para-hydroxylation sites is 1. The van der Waals surface area contributed by atoms with E-state index in [1.807, 2.05) is 12.1 Å². The van der Waals surface area contributed by atoms with E-state index in [9.17, 15) is 0 Å². The average Bonchev–Trinajstić information content (AvgIpc) is 3.05. The summed E-state index contributed by atoms with van der Waals surface area (Å²) < 4.78 is 0. The lowest BCUT2D eigenvalue weighted by molar-refractivity contribution is 0.670. The highest BCUT2D eigenvalue weighted by Crippen LogP contribution is 2.40. The van der Waals surface area contributed by atoms with Gasteiger partial charge in [0.2, 0.25) is 0 Å². The predicted octanol–water partition coefficient (Wildman–Crippen LogP) is 3.93. The van der Waals surface area contributed by atoms with Crippen molar-refractivity contribution in [1.29, 1.82) is 0 Å². The third-order valence-corrected chi connectivity index (χ3v) is 4.28. The molecule has 2 unspecified atom stereocenters. The number of benzene rings is 1. The van der Waals surface area contributed by atoms with E-state index in [1.165, 1.54) is 17.7 Å². The number of rotatable bonds is 7. The number of halogens is 1. The number of nitrogens with one attached hydrogen (secondary N) is 1. The van der Waals surface area contributed by atoms with Crippen molar-refractivity contribution < 1.29 is 0 Å². The van der Waals surface area contributed by atoms with Gasteiger partial charge in [-0.1, -0.05) is 37.6 Å². The molecule has 1 saturated carbocycles. The fraction of sp³-hybridized carbons (Fsp3) is 0.625. The van der Waals surface area contributed by atoms with E-state index >= 15 is 0 Å². The van der Waals surface area contributed by atoms with Gasteiger partial charge < -0.3 is 10.2 Å². The zero-order valence-corrected chi connectivity index (χ0v) is 13.0. The number of nitrogens with zero attached hydrogens (tertiary/aromatic N) is 1. The highest BCUT2D eigenvalue weighted by molar-refractivity contribution is 6.33. The summed E-state index contributed by atoms with van der Waals surface area (Å²) in [6.45, 7) is 7.58. The van der Waals surface area contributed by atoms with Crippen LogP contribution in [0.3, 0.4) is 0 Å². The molecule has 19 heavy (non-hydrogen) atoms. The summed E-state index contributed by atoms with van der Waals surface area (Å²) >= 11 is 6.41. The topological polar surface area (TPSA) is 15.3 Å². The van der Waals surface area contributed by atoms with E-state index in [1.54, 1.807) is 0 Å². The Kier molecular flexibility index (Phi) is 5.12. The fourth-order valence-corrected chi connectivity index (χ4v) is 2.96. The second kappa shape index (κ2) is 6.62. The van der Waals surface area contributed by atoms with Crippen LogP contribution in [0.25, 0.3) is 0 Å². The van der Waals surface area contributed by atoms with Crippen molar-refractivity contribution in [3.05, 3.63) is 28.8 Å². The summed E-state index contributed by atoms with van der Waals surface area (Å²) in [5.41, 5.74) is 2.50. The van der Waals surface area contributed by atoms with Crippen molar-refractivity contribution in [1.82, 2.24) is 5.32 Å². The predicted molar refractivity (Wildman–Crippen MR) is 84.0 cm³/mol. The van der Waals surface area contributed by atoms with Crippen LogP contribution >= 0.6 is 11.6 Å². The third kappa shape index (κ3) is 3.87. The van der Waals surface area contributed by atoms with Crippen LogP contribution in [0.15, 0.2) is 18.2 Å². The molecule has 0 aliphatic heterocycles. The Hall–Kier alpha value is -0.730. The molecule has 0 aromatic heterocycles. The van der Waals surface area contributed by atoms with E-state index in [4.69, 9.17) is 11.6 Å². The molecule has 106 valence electrons. The first-order valence-corrected chi connectivity index (χ1v) is 7.70. The van der Waals surface area contributed by atoms with Gasteiger partial charge in [-0.25, -0.2) is 0 Å². The van der Waals surface area contributed by atoms with Crippen LogP contribution in [-0.4, -0.2) is 20.1 Å². The van der Waals surface area contributed by atoms with Gasteiger partial charge in [0.25, 0.3) is 0 Å². The van der Waals surface area contributed by atoms with Gasteiger partial charge in [-0.05, 0) is 42.9 Å². The van der Waals surface area contributed by atoms with Gasteiger partial charge in [-0.15, -0.1) is 0 Å². The Balaban J connectivity index is 2.07. The van der Waals surface area contributed by atoms with E-state index < -0.39 is 0 Å². The molecule has 0 bridgehead atoms. The lowest BCUT2D eigenvalue weighted by Crippen LogP contribution is -2.24. The molecule has 0 heterocycles. The largest absolute Gasteiger partial charge is 0.373 e. The molecule has 2 nitrogen and oxygen atoms in total. The lowest BCUT2D eigenvalue weighted by Gasteiger charge is -2.24. The summed E-state index contributed by atoms with van der Waals surface area (Å²) in [5, 5.41) is 4.33. The maximum absolute atomic E-state index is 6.41. The zero-order chi connectivity index (χ0) is 13.8.